The third-order valence-corrected chi connectivity index (χ3v) is 4.13. The van der Waals surface area contributed by atoms with Crippen LogP contribution in [0.5, 0.6) is 0 Å². The number of carbonyl (C=O) groups is 1. The number of esters is 1. The maximum atomic E-state index is 11.3. The van der Waals surface area contributed by atoms with E-state index in [9.17, 15) is 4.79 Å². The number of hydrogen-bond donors (Lipinski definition) is 1. The highest BCUT2D eigenvalue weighted by atomic mass is 79.9. The monoisotopic (exact) mass is 304 g/mol. The summed E-state index contributed by atoms with van der Waals surface area (Å²) in [4.78, 5) is 15.5. The molecule has 1 unspecified atom stereocenters. The van der Waals surface area contributed by atoms with E-state index < -0.39 is 11.5 Å². The van der Waals surface area contributed by atoms with E-state index in [4.69, 9.17) is 5.73 Å². The van der Waals surface area contributed by atoms with Crippen molar-refractivity contribution in [2.24, 2.45) is 5.73 Å². The summed E-state index contributed by atoms with van der Waals surface area (Å²) in [6.07, 6.45) is 1.69. The summed E-state index contributed by atoms with van der Waals surface area (Å²) >= 11 is 4.79. The highest BCUT2D eigenvalue weighted by Gasteiger charge is 2.29. The number of pyridine rings is 1. The van der Waals surface area contributed by atoms with Crippen LogP contribution >= 0.6 is 27.7 Å². The van der Waals surface area contributed by atoms with Crippen molar-refractivity contribution in [3.63, 3.8) is 0 Å². The Bertz CT molecular complexity index is 385. The van der Waals surface area contributed by atoms with Gasteiger partial charge in [0, 0.05) is 16.4 Å². The molecule has 0 amide bonds. The number of methoxy groups -OCH3 is 1. The first kappa shape index (κ1) is 13.5. The van der Waals surface area contributed by atoms with E-state index in [1.165, 1.54) is 18.9 Å². The number of nitrogens with two attached hydrogens (primary N) is 1. The summed E-state index contributed by atoms with van der Waals surface area (Å²) in [5.41, 5.74) is 4.83. The molecule has 1 heterocycles. The van der Waals surface area contributed by atoms with Gasteiger partial charge >= 0.3 is 5.97 Å². The highest BCUT2D eigenvalue weighted by Crippen LogP contribution is 2.27. The van der Waals surface area contributed by atoms with Gasteiger partial charge in [-0.1, -0.05) is 0 Å². The van der Waals surface area contributed by atoms with Crippen LogP contribution in [0.1, 0.15) is 6.92 Å². The fourth-order valence-electron chi connectivity index (χ4n) is 0.988. The molecule has 88 valence electrons. The molecule has 0 aliphatic carbocycles. The number of hydrogen-bond acceptors (Lipinski definition) is 5. The minimum atomic E-state index is -1.00. The van der Waals surface area contributed by atoms with E-state index in [0.29, 0.717) is 5.75 Å². The average Bonchev–Trinajstić information content (AvgIpc) is 2.27. The van der Waals surface area contributed by atoms with E-state index in [1.54, 1.807) is 13.1 Å². The number of halogens is 1. The predicted octanol–water partition coefficient (Wildman–Crippen LogP) is 1.83. The normalized spacial score (nSPS) is 14.2. The maximum absolute atomic E-state index is 11.3. The molecule has 0 bridgehead atoms. The molecule has 0 radical (unpaired) electrons. The molecule has 1 rings (SSSR count). The number of nitrogens with zero attached hydrogens (tertiary/aromatic N) is 1. The molecule has 0 aromatic carbocycles. The zero-order chi connectivity index (χ0) is 12.2. The Labute approximate surface area is 107 Å². The molecular weight excluding hydrogens is 292 g/mol. The van der Waals surface area contributed by atoms with E-state index in [0.717, 1.165) is 9.50 Å². The number of carbonyl (C=O) groups excluding carboxylic acids is 1. The fourth-order valence-corrected chi connectivity index (χ4v) is 2.48. The third kappa shape index (κ3) is 3.47. The van der Waals surface area contributed by atoms with Gasteiger partial charge in [0.05, 0.1) is 7.11 Å². The first-order valence-electron chi connectivity index (χ1n) is 4.58. The Hall–Kier alpha value is -0.590. The lowest BCUT2D eigenvalue weighted by molar-refractivity contribution is -0.145. The summed E-state index contributed by atoms with van der Waals surface area (Å²) in [6.45, 7) is 1.64. The second-order valence-corrected chi connectivity index (χ2v) is 5.31. The van der Waals surface area contributed by atoms with Crippen molar-refractivity contribution in [3.8, 4) is 0 Å². The Morgan fingerprint density at radius 3 is 3.00 bits per heavy atom. The van der Waals surface area contributed by atoms with Crippen LogP contribution in [0.3, 0.4) is 0 Å². The lowest BCUT2D eigenvalue weighted by Gasteiger charge is -2.20. The number of aromatic nitrogens is 1. The van der Waals surface area contributed by atoms with Gasteiger partial charge in [0.2, 0.25) is 0 Å². The molecule has 1 aromatic heterocycles. The Kier molecular flexibility index (Phi) is 4.76. The molecule has 0 fully saturated rings. The molecule has 0 saturated heterocycles. The molecule has 1 aromatic rings. The molecule has 4 nitrogen and oxygen atoms in total. The summed E-state index contributed by atoms with van der Waals surface area (Å²) in [7, 11) is 1.33. The first-order chi connectivity index (χ1) is 7.47. The van der Waals surface area contributed by atoms with Gasteiger partial charge in [-0.15, -0.1) is 11.8 Å². The quantitative estimate of drug-likeness (QED) is 0.679. The van der Waals surface area contributed by atoms with Gasteiger partial charge in [-0.05, 0) is 35.0 Å². The smallest absolute Gasteiger partial charge is 0.326 e. The average molecular weight is 305 g/mol. The standard InChI is InChI=1S/C10H13BrN2O2S/c1-10(12,9(14)15-2)6-16-8-7(11)4-3-5-13-8/h3-5H,6,12H2,1-2H3. The van der Waals surface area contributed by atoms with Gasteiger partial charge in [-0.2, -0.15) is 0 Å². The first-order valence-corrected chi connectivity index (χ1v) is 6.36. The largest absolute Gasteiger partial charge is 0.468 e. The predicted molar refractivity (Wildman–Crippen MR) is 67.3 cm³/mol. The highest BCUT2D eigenvalue weighted by molar-refractivity contribution is 9.10. The van der Waals surface area contributed by atoms with Crippen molar-refractivity contribution in [1.29, 1.82) is 0 Å². The topological polar surface area (TPSA) is 65.2 Å². The fraction of sp³-hybridized carbons (Fsp3) is 0.400. The van der Waals surface area contributed by atoms with Crippen LogP contribution < -0.4 is 5.73 Å². The van der Waals surface area contributed by atoms with Crippen molar-refractivity contribution >= 4 is 33.7 Å². The molecule has 0 spiro atoms. The molecule has 6 heteroatoms. The Morgan fingerprint density at radius 1 is 1.75 bits per heavy atom. The third-order valence-electron chi connectivity index (χ3n) is 1.89. The van der Waals surface area contributed by atoms with Gasteiger partial charge in [-0.3, -0.25) is 4.79 Å². The van der Waals surface area contributed by atoms with Crippen LogP contribution in [0.2, 0.25) is 0 Å². The van der Waals surface area contributed by atoms with Crippen LogP contribution in [0.4, 0.5) is 0 Å². The van der Waals surface area contributed by atoms with Gasteiger partial charge in [0.1, 0.15) is 10.6 Å². The molecule has 2 N–H and O–H groups in total. The number of rotatable bonds is 4. The van der Waals surface area contributed by atoms with Gasteiger partial charge in [0.25, 0.3) is 0 Å². The van der Waals surface area contributed by atoms with E-state index >= 15 is 0 Å². The molecule has 0 aliphatic heterocycles. The lowest BCUT2D eigenvalue weighted by atomic mass is 10.1. The zero-order valence-electron chi connectivity index (χ0n) is 9.07. The minimum Gasteiger partial charge on any atom is -0.468 e. The van der Waals surface area contributed by atoms with E-state index in [2.05, 4.69) is 25.7 Å². The summed E-state index contributed by atoms with van der Waals surface area (Å²) < 4.78 is 5.51. The SMILES string of the molecule is COC(=O)C(C)(N)CSc1ncccc1Br. The van der Waals surface area contributed by atoms with Crippen LogP contribution in [0.25, 0.3) is 0 Å². The van der Waals surface area contributed by atoms with Gasteiger partial charge in [-0.25, -0.2) is 4.98 Å². The Morgan fingerprint density at radius 2 is 2.44 bits per heavy atom. The molecular formula is C10H13BrN2O2S. The lowest BCUT2D eigenvalue weighted by Crippen LogP contribution is -2.48. The zero-order valence-corrected chi connectivity index (χ0v) is 11.5. The van der Waals surface area contributed by atoms with E-state index in [-0.39, 0.29) is 0 Å². The number of thioether (sulfide) groups is 1. The summed E-state index contributed by atoms with van der Waals surface area (Å²) in [5, 5.41) is 0.808. The van der Waals surface area contributed by atoms with Gasteiger partial charge < -0.3 is 10.5 Å². The van der Waals surface area contributed by atoms with Gasteiger partial charge in [0.15, 0.2) is 0 Å². The molecule has 0 saturated carbocycles. The van der Waals surface area contributed by atoms with Crippen molar-refractivity contribution in [2.45, 2.75) is 17.5 Å². The maximum Gasteiger partial charge on any atom is 0.326 e. The van der Waals surface area contributed by atoms with E-state index in [1.807, 2.05) is 12.1 Å². The summed E-state index contributed by atoms with van der Waals surface area (Å²) in [5.74, 6) is -0.0120. The van der Waals surface area contributed by atoms with Crippen molar-refractivity contribution < 1.29 is 9.53 Å². The summed E-state index contributed by atoms with van der Waals surface area (Å²) in [6, 6.07) is 3.72. The molecule has 16 heavy (non-hydrogen) atoms. The number of ether oxygens (including phenoxy) is 1. The van der Waals surface area contributed by atoms with Crippen molar-refractivity contribution in [3.05, 3.63) is 22.8 Å². The Balaban J connectivity index is 2.65. The van der Waals surface area contributed by atoms with Crippen molar-refractivity contribution in [2.75, 3.05) is 12.9 Å². The molecule has 1 atom stereocenters. The minimum absolute atomic E-state index is 0.412. The second kappa shape index (κ2) is 5.65. The van der Waals surface area contributed by atoms with Crippen molar-refractivity contribution in [1.82, 2.24) is 4.98 Å². The van der Waals surface area contributed by atoms with Crippen LogP contribution in [-0.2, 0) is 9.53 Å². The van der Waals surface area contributed by atoms with Crippen LogP contribution in [0, 0.1) is 0 Å². The van der Waals surface area contributed by atoms with Crippen LogP contribution in [-0.4, -0.2) is 29.4 Å². The van der Waals surface area contributed by atoms with Crippen LogP contribution in [0.15, 0.2) is 27.8 Å². The molecule has 0 aliphatic rings. The second-order valence-electron chi connectivity index (χ2n) is 3.49.